The highest BCUT2D eigenvalue weighted by atomic mass is 19.1. The number of likely N-dealkylation sites (tertiary alicyclic amines) is 1. The Balaban J connectivity index is 1.76. The fraction of sp³-hybridized carbons (Fsp3) is 0.421. The number of nitrogens with zero attached hydrogens (tertiary/aromatic N) is 3. The molecule has 0 radical (unpaired) electrons. The number of rotatable bonds is 4. The monoisotopic (exact) mass is 342 g/mol. The molecule has 5 nitrogen and oxygen atoms in total. The molecule has 1 aromatic heterocycles. The van der Waals surface area contributed by atoms with E-state index in [4.69, 9.17) is 0 Å². The van der Waals surface area contributed by atoms with E-state index >= 15 is 0 Å². The smallest absolute Gasteiger partial charge is 0.251 e. The van der Waals surface area contributed by atoms with Crippen molar-refractivity contribution in [2.45, 2.75) is 39.3 Å². The van der Waals surface area contributed by atoms with Crippen molar-refractivity contribution >= 4 is 5.91 Å². The fourth-order valence-electron chi connectivity index (χ4n) is 3.20. The molecule has 0 saturated carbocycles. The van der Waals surface area contributed by atoms with Gasteiger partial charge in [0.15, 0.2) is 0 Å². The van der Waals surface area contributed by atoms with Crippen LogP contribution in [0.15, 0.2) is 24.4 Å². The summed E-state index contributed by atoms with van der Waals surface area (Å²) in [7, 11) is 2.09. The Hall–Kier alpha value is -2.34. The number of aryl methyl sites for hydroxylation is 2. The lowest BCUT2D eigenvalue weighted by molar-refractivity contribution is 0.0950. The molecule has 3 rings (SSSR count). The average Bonchev–Trinajstić information content (AvgIpc) is 3.01. The molecule has 1 aliphatic heterocycles. The number of aromatic nitrogens is 2. The number of carbonyl (C=O) groups is 1. The van der Waals surface area contributed by atoms with Gasteiger partial charge in [0.05, 0.1) is 11.7 Å². The second-order valence-corrected chi connectivity index (χ2v) is 6.61. The molecule has 1 N–H and O–H groups in total. The number of benzene rings is 1. The van der Waals surface area contributed by atoms with Gasteiger partial charge >= 0.3 is 0 Å². The second-order valence-electron chi connectivity index (χ2n) is 6.61. The summed E-state index contributed by atoms with van der Waals surface area (Å²) >= 11 is 0. The van der Waals surface area contributed by atoms with E-state index in [9.17, 15) is 9.18 Å². The van der Waals surface area contributed by atoms with Crippen LogP contribution < -0.4 is 5.32 Å². The van der Waals surface area contributed by atoms with Crippen molar-refractivity contribution in [2.24, 2.45) is 0 Å². The van der Waals surface area contributed by atoms with Gasteiger partial charge in [0.2, 0.25) is 0 Å². The predicted molar refractivity (Wildman–Crippen MR) is 93.7 cm³/mol. The maximum atomic E-state index is 13.7. The minimum atomic E-state index is -0.375. The largest absolute Gasteiger partial charge is 0.348 e. The van der Waals surface area contributed by atoms with Crippen LogP contribution in [0.2, 0.25) is 0 Å². The van der Waals surface area contributed by atoms with Crippen molar-refractivity contribution in [3.63, 3.8) is 0 Å². The van der Waals surface area contributed by atoms with Crippen LogP contribution in [-0.4, -0.2) is 34.4 Å². The molecule has 0 bridgehead atoms. The van der Waals surface area contributed by atoms with E-state index in [1.165, 1.54) is 6.07 Å². The van der Waals surface area contributed by atoms with Crippen LogP contribution in [0.4, 0.5) is 4.39 Å². The van der Waals surface area contributed by atoms with Gasteiger partial charge in [-0.2, -0.15) is 0 Å². The number of nitrogens with one attached hydrogen (secondary N) is 1. The maximum Gasteiger partial charge on any atom is 0.251 e. The molecule has 0 aliphatic carbocycles. The summed E-state index contributed by atoms with van der Waals surface area (Å²) < 4.78 is 13.7. The third kappa shape index (κ3) is 3.85. The lowest BCUT2D eigenvalue weighted by Gasteiger charge is -2.21. The molecule has 2 heterocycles. The molecule has 25 heavy (non-hydrogen) atoms. The van der Waals surface area contributed by atoms with Crippen LogP contribution >= 0.6 is 0 Å². The van der Waals surface area contributed by atoms with E-state index in [-0.39, 0.29) is 17.8 Å². The molecule has 1 atom stereocenters. The van der Waals surface area contributed by atoms with Crippen molar-refractivity contribution in [3.8, 4) is 0 Å². The molecule has 1 aliphatic rings. The lowest BCUT2D eigenvalue weighted by atomic mass is 10.1. The van der Waals surface area contributed by atoms with Gasteiger partial charge in [-0.15, -0.1) is 0 Å². The van der Waals surface area contributed by atoms with Gasteiger partial charge in [0.25, 0.3) is 5.91 Å². The fourth-order valence-corrected chi connectivity index (χ4v) is 3.20. The normalized spacial score (nSPS) is 17.7. The summed E-state index contributed by atoms with van der Waals surface area (Å²) in [6, 6.07) is 4.76. The van der Waals surface area contributed by atoms with Gasteiger partial charge in [0.1, 0.15) is 11.6 Å². The molecule has 1 unspecified atom stereocenters. The number of halogens is 1. The number of amides is 1. The Morgan fingerprint density at radius 3 is 2.88 bits per heavy atom. The summed E-state index contributed by atoms with van der Waals surface area (Å²) in [4.78, 5) is 23.5. The topological polar surface area (TPSA) is 58.1 Å². The highest BCUT2D eigenvalue weighted by Gasteiger charge is 2.26. The van der Waals surface area contributed by atoms with Crippen LogP contribution in [0.1, 0.15) is 51.9 Å². The van der Waals surface area contributed by atoms with E-state index in [0.717, 1.165) is 36.5 Å². The zero-order chi connectivity index (χ0) is 18.0. The summed E-state index contributed by atoms with van der Waals surface area (Å²) in [5, 5.41) is 2.86. The first-order valence-electron chi connectivity index (χ1n) is 8.52. The highest BCUT2D eigenvalue weighted by molar-refractivity contribution is 5.94. The quantitative estimate of drug-likeness (QED) is 0.928. The SMILES string of the molecule is Cc1ncc(CNC(=O)c2ccc(C)c(F)c2)c(C2CCCN2C)n1. The van der Waals surface area contributed by atoms with Gasteiger partial charge in [-0.25, -0.2) is 14.4 Å². The average molecular weight is 342 g/mol. The van der Waals surface area contributed by atoms with Crippen LogP contribution in [0, 0.1) is 19.7 Å². The predicted octanol–water partition coefficient (Wildman–Crippen LogP) is 2.93. The Kier molecular flexibility index (Phi) is 5.08. The summed E-state index contributed by atoms with van der Waals surface area (Å²) in [5.41, 5.74) is 2.72. The third-order valence-corrected chi connectivity index (χ3v) is 4.73. The number of hydrogen-bond acceptors (Lipinski definition) is 4. The van der Waals surface area contributed by atoms with Gasteiger partial charge in [-0.05, 0) is 58.0 Å². The third-order valence-electron chi connectivity index (χ3n) is 4.73. The summed E-state index contributed by atoms with van der Waals surface area (Å²) in [6.45, 7) is 4.91. The molecule has 132 valence electrons. The first kappa shape index (κ1) is 17.5. The Morgan fingerprint density at radius 2 is 2.20 bits per heavy atom. The van der Waals surface area contributed by atoms with Crippen molar-refractivity contribution in [3.05, 3.63) is 58.4 Å². The zero-order valence-corrected chi connectivity index (χ0v) is 14.8. The molecule has 1 saturated heterocycles. The van der Waals surface area contributed by atoms with E-state index in [1.54, 1.807) is 25.3 Å². The van der Waals surface area contributed by atoms with E-state index < -0.39 is 0 Å². The standard InChI is InChI=1S/C19H23FN4O/c1-12-6-7-14(9-16(12)20)19(25)22-11-15-10-21-13(2)23-18(15)17-5-4-8-24(17)3/h6-7,9-10,17H,4-5,8,11H2,1-3H3,(H,22,25). The first-order chi connectivity index (χ1) is 12.0. The Bertz CT molecular complexity index is 793. The van der Waals surface area contributed by atoms with Crippen LogP contribution in [-0.2, 0) is 6.54 Å². The zero-order valence-electron chi connectivity index (χ0n) is 14.8. The summed E-state index contributed by atoms with van der Waals surface area (Å²) in [6.07, 6.45) is 3.97. The maximum absolute atomic E-state index is 13.7. The van der Waals surface area contributed by atoms with Crippen molar-refractivity contribution in [2.75, 3.05) is 13.6 Å². The van der Waals surface area contributed by atoms with Gasteiger partial charge < -0.3 is 5.32 Å². The minimum absolute atomic E-state index is 0.255. The Labute approximate surface area is 147 Å². The molecule has 1 amide bonds. The van der Waals surface area contributed by atoms with Crippen molar-refractivity contribution in [1.29, 1.82) is 0 Å². The van der Waals surface area contributed by atoms with E-state index in [0.29, 0.717) is 17.7 Å². The van der Waals surface area contributed by atoms with Crippen molar-refractivity contribution < 1.29 is 9.18 Å². The Morgan fingerprint density at radius 1 is 1.40 bits per heavy atom. The van der Waals surface area contributed by atoms with Gasteiger partial charge in [0, 0.05) is 23.9 Å². The number of hydrogen-bond donors (Lipinski definition) is 1. The lowest BCUT2D eigenvalue weighted by Crippen LogP contribution is -2.26. The van der Waals surface area contributed by atoms with Gasteiger partial charge in [-0.3, -0.25) is 9.69 Å². The molecule has 1 aromatic carbocycles. The number of carbonyl (C=O) groups excluding carboxylic acids is 1. The molecule has 6 heteroatoms. The van der Waals surface area contributed by atoms with Crippen LogP contribution in [0.25, 0.3) is 0 Å². The van der Waals surface area contributed by atoms with Crippen LogP contribution in [0.5, 0.6) is 0 Å². The molecule has 0 spiro atoms. The minimum Gasteiger partial charge on any atom is -0.348 e. The molecular weight excluding hydrogens is 319 g/mol. The second kappa shape index (κ2) is 7.27. The van der Waals surface area contributed by atoms with Crippen LogP contribution in [0.3, 0.4) is 0 Å². The first-order valence-corrected chi connectivity index (χ1v) is 8.52. The molecular formula is C19H23FN4O. The van der Waals surface area contributed by atoms with Gasteiger partial charge in [-0.1, -0.05) is 6.07 Å². The van der Waals surface area contributed by atoms with E-state index in [1.807, 2.05) is 6.92 Å². The summed E-state index contributed by atoms with van der Waals surface area (Å²) in [5.74, 6) is 0.0516. The highest BCUT2D eigenvalue weighted by Crippen LogP contribution is 2.31. The van der Waals surface area contributed by atoms with E-state index in [2.05, 4.69) is 27.2 Å². The molecule has 2 aromatic rings. The molecule has 1 fully saturated rings. The van der Waals surface area contributed by atoms with Crippen molar-refractivity contribution in [1.82, 2.24) is 20.2 Å².